The second-order valence-corrected chi connectivity index (χ2v) is 5.86. The van der Waals surface area contributed by atoms with Crippen LogP contribution in [0, 0.1) is 0 Å². The number of nitrogens with one attached hydrogen (secondary N) is 1. The van der Waals surface area contributed by atoms with Gasteiger partial charge in [-0.05, 0) is 12.5 Å². The number of hydrogen-bond acceptors (Lipinski definition) is 4. The molecule has 0 amide bonds. The quantitative estimate of drug-likeness (QED) is 0.645. The Kier molecular flexibility index (Phi) is 5.73. The third-order valence-electron chi connectivity index (χ3n) is 2.63. The lowest BCUT2D eigenvalue weighted by atomic mass is 10.3. The average Bonchev–Trinajstić information content (AvgIpc) is 2.72. The van der Waals surface area contributed by atoms with Crippen LogP contribution in [0.2, 0.25) is 0 Å². The molecule has 1 aromatic heterocycles. The maximum atomic E-state index is 11.8. The van der Waals surface area contributed by atoms with E-state index in [-0.39, 0.29) is 6.61 Å². The van der Waals surface area contributed by atoms with Crippen molar-refractivity contribution in [3.8, 4) is 0 Å². The van der Waals surface area contributed by atoms with Crippen molar-refractivity contribution < 1.29 is 13.5 Å². The molecule has 0 unspecified atom stereocenters. The zero-order valence-corrected chi connectivity index (χ0v) is 11.5. The van der Waals surface area contributed by atoms with Gasteiger partial charge >= 0.3 is 0 Å². The molecule has 8 heteroatoms. The van der Waals surface area contributed by atoms with Crippen molar-refractivity contribution in [1.82, 2.24) is 18.8 Å². The maximum Gasteiger partial charge on any atom is 0.279 e. The summed E-state index contributed by atoms with van der Waals surface area (Å²) in [5, 5.41) is 12.7. The van der Waals surface area contributed by atoms with E-state index in [4.69, 9.17) is 5.11 Å². The van der Waals surface area contributed by atoms with E-state index in [9.17, 15) is 8.42 Å². The van der Waals surface area contributed by atoms with E-state index in [2.05, 4.69) is 9.82 Å². The molecule has 0 radical (unpaired) electrons. The molecule has 18 heavy (non-hydrogen) atoms. The van der Waals surface area contributed by atoms with Gasteiger partial charge in [-0.15, -0.1) is 0 Å². The summed E-state index contributed by atoms with van der Waals surface area (Å²) in [6, 6.07) is 1.85. The lowest BCUT2D eigenvalue weighted by molar-refractivity contribution is 0.275. The molecule has 2 N–H and O–H groups in total. The summed E-state index contributed by atoms with van der Waals surface area (Å²) in [6.07, 6.45) is 2.69. The van der Waals surface area contributed by atoms with E-state index >= 15 is 0 Å². The van der Waals surface area contributed by atoms with Gasteiger partial charge < -0.3 is 5.11 Å². The van der Waals surface area contributed by atoms with Crippen LogP contribution in [0.5, 0.6) is 0 Å². The Morgan fingerprint density at radius 3 is 2.83 bits per heavy atom. The fourth-order valence-corrected chi connectivity index (χ4v) is 2.43. The van der Waals surface area contributed by atoms with Gasteiger partial charge in [-0.25, -0.2) is 4.72 Å². The smallest absolute Gasteiger partial charge is 0.279 e. The third-order valence-corrected chi connectivity index (χ3v) is 4.20. The van der Waals surface area contributed by atoms with Crippen molar-refractivity contribution in [2.75, 3.05) is 26.7 Å². The predicted octanol–water partition coefficient (Wildman–Crippen LogP) is -0.889. The molecule has 0 aliphatic carbocycles. The SMILES string of the molecule is CN(CCCO)S(=O)(=O)NCCc1ccnn1C. The van der Waals surface area contributed by atoms with Crippen molar-refractivity contribution in [2.45, 2.75) is 12.8 Å². The Hall–Kier alpha value is -0.960. The first-order valence-electron chi connectivity index (χ1n) is 5.76. The summed E-state index contributed by atoms with van der Waals surface area (Å²) < 4.78 is 28.9. The topological polar surface area (TPSA) is 87.5 Å². The number of aromatic nitrogens is 2. The molecule has 0 aliphatic heterocycles. The average molecular weight is 276 g/mol. The van der Waals surface area contributed by atoms with Crippen molar-refractivity contribution in [3.05, 3.63) is 18.0 Å². The molecule has 0 aliphatic rings. The van der Waals surface area contributed by atoms with Crippen molar-refractivity contribution in [1.29, 1.82) is 0 Å². The third kappa shape index (κ3) is 4.37. The first-order chi connectivity index (χ1) is 8.47. The van der Waals surface area contributed by atoms with Crippen LogP contribution >= 0.6 is 0 Å². The molecular weight excluding hydrogens is 256 g/mol. The van der Waals surface area contributed by atoms with Gasteiger partial charge in [0.1, 0.15) is 0 Å². The van der Waals surface area contributed by atoms with Crippen LogP contribution in [0.25, 0.3) is 0 Å². The molecule has 0 spiro atoms. The Balaban J connectivity index is 2.40. The fraction of sp³-hybridized carbons (Fsp3) is 0.700. The highest BCUT2D eigenvalue weighted by Gasteiger charge is 2.16. The van der Waals surface area contributed by atoms with Gasteiger partial charge in [0.15, 0.2) is 0 Å². The highest BCUT2D eigenvalue weighted by molar-refractivity contribution is 7.87. The van der Waals surface area contributed by atoms with Gasteiger partial charge in [0.2, 0.25) is 0 Å². The van der Waals surface area contributed by atoms with Crippen molar-refractivity contribution in [3.63, 3.8) is 0 Å². The molecule has 0 saturated carbocycles. The summed E-state index contributed by atoms with van der Waals surface area (Å²) in [7, 11) is -0.151. The van der Waals surface area contributed by atoms with Crippen LogP contribution in [0.4, 0.5) is 0 Å². The van der Waals surface area contributed by atoms with E-state index < -0.39 is 10.2 Å². The predicted molar refractivity (Wildman–Crippen MR) is 68.2 cm³/mol. The second-order valence-electron chi connectivity index (χ2n) is 3.99. The van der Waals surface area contributed by atoms with Crippen LogP contribution in [-0.2, 0) is 23.7 Å². The first-order valence-corrected chi connectivity index (χ1v) is 7.20. The van der Waals surface area contributed by atoms with Crippen LogP contribution in [0.15, 0.2) is 12.3 Å². The Morgan fingerprint density at radius 1 is 1.56 bits per heavy atom. The van der Waals surface area contributed by atoms with Gasteiger partial charge in [-0.1, -0.05) is 0 Å². The number of nitrogens with zero attached hydrogens (tertiary/aromatic N) is 3. The Morgan fingerprint density at radius 2 is 2.28 bits per heavy atom. The van der Waals surface area contributed by atoms with E-state index in [1.807, 2.05) is 13.1 Å². The summed E-state index contributed by atoms with van der Waals surface area (Å²) in [4.78, 5) is 0. The number of hydrogen-bond donors (Lipinski definition) is 2. The summed E-state index contributed by atoms with van der Waals surface area (Å²) in [6.45, 7) is 0.609. The van der Waals surface area contributed by atoms with Gasteiger partial charge in [0.25, 0.3) is 10.2 Å². The number of aliphatic hydroxyl groups is 1. The minimum Gasteiger partial charge on any atom is -0.396 e. The van der Waals surface area contributed by atoms with Crippen LogP contribution < -0.4 is 4.72 Å². The zero-order chi connectivity index (χ0) is 13.6. The molecule has 7 nitrogen and oxygen atoms in total. The molecule has 104 valence electrons. The molecular formula is C10H20N4O3S. The lowest BCUT2D eigenvalue weighted by Crippen LogP contribution is -2.39. The summed E-state index contributed by atoms with van der Waals surface area (Å²) in [5.74, 6) is 0. The largest absolute Gasteiger partial charge is 0.396 e. The number of rotatable bonds is 8. The van der Waals surface area contributed by atoms with E-state index in [1.54, 1.807) is 10.9 Å². The maximum absolute atomic E-state index is 11.8. The number of aliphatic hydroxyl groups excluding tert-OH is 1. The Labute approximate surface area is 108 Å². The fourth-order valence-electron chi connectivity index (χ4n) is 1.48. The van der Waals surface area contributed by atoms with E-state index in [0.717, 1.165) is 5.69 Å². The molecule has 0 bridgehead atoms. The molecule has 0 fully saturated rings. The Bertz CT molecular complexity index is 457. The monoisotopic (exact) mass is 276 g/mol. The van der Waals surface area contributed by atoms with Gasteiger partial charge in [-0.2, -0.15) is 17.8 Å². The number of aryl methyl sites for hydroxylation is 1. The van der Waals surface area contributed by atoms with Crippen LogP contribution in [0.3, 0.4) is 0 Å². The van der Waals surface area contributed by atoms with Crippen molar-refractivity contribution >= 4 is 10.2 Å². The van der Waals surface area contributed by atoms with E-state index in [0.29, 0.717) is 25.9 Å². The molecule has 0 aromatic carbocycles. The summed E-state index contributed by atoms with van der Waals surface area (Å²) >= 11 is 0. The summed E-state index contributed by atoms with van der Waals surface area (Å²) in [5.41, 5.74) is 0.968. The van der Waals surface area contributed by atoms with Gasteiger partial charge in [-0.3, -0.25) is 4.68 Å². The molecule has 0 saturated heterocycles. The molecule has 1 heterocycles. The van der Waals surface area contributed by atoms with Crippen LogP contribution in [0.1, 0.15) is 12.1 Å². The lowest BCUT2D eigenvalue weighted by Gasteiger charge is -2.17. The van der Waals surface area contributed by atoms with Crippen molar-refractivity contribution in [2.24, 2.45) is 7.05 Å². The van der Waals surface area contributed by atoms with E-state index in [1.165, 1.54) is 11.4 Å². The normalized spacial score (nSPS) is 12.2. The first kappa shape index (κ1) is 15.1. The highest BCUT2D eigenvalue weighted by atomic mass is 32.2. The van der Waals surface area contributed by atoms with Gasteiger partial charge in [0, 0.05) is 52.1 Å². The minimum atomic E-state index is -3.46. The highest BCUT2D eigenvalue weighted by Crippen LogP contribution is 1.99. The second kappa shape index (κ2) is 6.83. The molecule has 0 atom stereocenters. The van der Waals surface area contributed by atoms with Crippen LogP contribution in [-0.4, -0.2) is 54.4 Å². The standard InChI is InChI=1S/C10H20N4O3S/c1-13(8-3-9-15)18(16,17)12-7-5-10-4-6-11-14(10)2/h4,6,12,15H,3,5,7-9H2,1-2H3. The molecule has 1 rings (SSSR count). The minimum absolute atomic E-state index is 0.0190. The molecule has 1 aromatic rings. The van der Waals surface area contributed by atoms with Gasteiger partial charge in [0.05, 0.1) is 0 Å². The zero-order valence-electron chi connectivity index (χ0n) is 10.7.